The number of aryl methyl sites for hydroxylation is 3. The lowest BCUT2D eigenvalue weighted by molar-refractivity contribution is 0.0952. The van der Waals surface area contributed by atoms with E-state index in [1.54, 1.807) is 11.3 Å². The summed E-state index contributed by atoms with van der Waals surface area (Å²) in [5.74, 6) is 0.822. The Morgan fingerprint density at radius 1 is 1.03 bits per heavy atom. The van der Waals surface area contributed by atoms with Gasteiger partial charge in [-0.05, 0) is 80.4 Å². The van der Waals surface area contributed by atoms with Crippen LogP contribution < -0.4 is 5.32 Å². The summed E-state index contributed by atoms with van der Waals surface area (Å²) < 4.78 is 0. The quantitative estimate of drug-likeness (QED) is 0.629. The SMILES string of the molecule is Cc1cc(C)c2c(C)c(C(=O)NCC3C4(CCCCC4)C34CCCCC4)sc2n1. The molecule has 0 atom stereocenters. The minimum absolute atomic E-state index is 0.117. The van der Waals surface area contributed by atoms with Gasteiger partial charge in [0.2, 0.25) is 0 Å². The Labute approximate surface area is 178 Å². The molecule has 2 heterocycles. The van der Waals surface area contributed by atoms with Crippen LogP contribution in [0.4, 0.5) is 0 Å². The molecule has 3 nitrogen and oxygen atoms in total. The van der Waals surface area contributed by atoms with Crippen LogP contribution in [0.15, 0.2) is 6.07 Å². The summed E-state index contributed by atoms with van der Waals surface area (Å²) in [5, 5.41) is 4.55. The van der Waals surface area contributed by atoms with Gasteiger partial charge in [-0.1, -0.05) is 38.5 Å². The molecule has 3 fully saturated rings. The van der Waals surface area contributed by atoms with Crippen LogP contribution in [0, 0.1) is 37.5 Å². The van der Waals surface area contributed by atoms with Crippen molar-refractivity contribution in [3.05, 3.63) is 27.8 Å². The molecule has 2 aromatic rings. The molecule has 3 saturated carbocycles. The molecule has 3 aliphatic rings. The fourth-order valence-corrected chi connectivity index (χ4v) is 8.62. The molecule has 4 heteroatoms. The van der Waals surface area contributed by atoms with Crippen LogP contribution in [0.25, 0.3) is 10.2 Å². The van der Waals surface area contributed by atoms with E-state index in [1.807, 2.05) is 6.92 Å². The number of rotatable bonds is 3. The molecule has 0 unspecified atom stereocenters. The van der Waals surface area contributed by atoms with Crippen molar-refractivity contribution in [2.75, 3.05) is 6.54 Å². The van der Waals surface area contributed by atoms with Gasteiger partial charge >= 0.3 is 0 Å². The molecule has 1 N–H and O–H groups in total. The Balaban J connectivity index is 1.36. The Morgan fingerprint density at radius 2 is 1.62 bits per heavy atom. The minimum atomic E-state index is 0.117. The van der Waals surface area contributed by atoms with Gasteiger partial charge in [0.05, 0.1) is 4.88 Å². The molecule has 1 amide bonds. The molecular formula is C25H34N2OS. The molecule has 0 saturated heterocycles. The monoisotopic (exact) mass is 410 g/mol. The van der Waals surface area contributed by atoms with Crippen LogP contribution in [0.3, 0.4) is 0 Å². The molecule has 5 rings (SSSR count). The van der Waals surface area contributed by atoms with Gasteiger partial charge in [-0.25, -0.2) is 4.98 Å². The van der Waals surface area contributed by atoms with Gasteiger partial charge in [0, 0.05) is 17.6 Å². The Morgan fingerprint density at radius 3 is 2.21 bits per heavy atom. The van der Waals surface area contributed by atoms with Crippen molar-refractivity contribution in [3.63, 3.8) is 0 Å². The second-order valence-corrected chi connectivity index (χ2v) is 11.0. The summed E-state index contributed by atoms with van der Waals surface area (Å²) in [7, 11) is 0. The highest BCUT2D eigenvalue weighted by Gasteiger charge is 2.73. The molecule has 0 radical (unpaired) electrons. The van der Waals surface area contributed by atoms with E-state index in [1.165, 1.54) is 75.2 Å². The first-order valence-electron chi connectivity index (χ1n) is 11.6. The van der Waals surface area contributed by atoms with Crippen LogP contribution in [0.1, 0.15) is 90.7 Å². The first-order valence-corrected chi connectivity index (χ1v) is 12.5. The molecule has 2 spiro atoms. The number of nitrogens with zero attached hydrogens (tertiary/aromatic N) is 1. The number of hydrogen-bond donors (Lipinski definition) is 1. The number of amides is 1. The second kappa shape index (κ2) is 7.08. The average Bonchev–Trinajstić information content (AvgIpc) is 3.00. The van der Waals surface area contributed by atoms with E-state index >= 15 is 0 Å². The van der Waals surface area contributed by atoms with Crippen molar-refractivity contribution in [3.8, 4) is 0 Å². The predicted octanol–water partition coefficient (Wildman–Crippen LogP) is 6.48. The zero-order chi connectivity index (χ0) is 20.2. The van der Waals surface area contributed by atoms with Crippen LogP contribution >= 0.6 is 11.3 Å². The number of hydrogen-bond acceptors (Lipinski definition) is 3. The maximum atomic E-state index is 13.2. The van der Waals surface area contributed by atoms with E-state index in [4.69, 9.17) is 0 Å². The Bertz CT molecular complexity index is 923. The van der Waals surface area contributed by atoms with E-state index in [0.29, 0.717) is 16.7 Å². The average molecular weight is 411 g/mol. The maximum absolute atomic E-state index is 13.2. The van der Waals surface area contributed by atoms with Gasteiger partial charge in [-0.15, -0.1) is 11.3 Å². The van der Waals surface area contributed by atoms with Gasteiger partial charge < -0.3 is 5.32 Å². The fraction of sp³-hybridized carbons (Fsp3) is 0.680. The van der Waals surface area contributed by atoms with E-state index in [2.05, 4.69) is 30.2 Å². The fourth-order valence-electron chi connectivity index (χ4n) is 7.40. The molecule has 156 valence electrons. The zero-order valence-electron chi connectivity index (χ0n) is 18.2. The smallest absolute Gasteiger partial charge is 0.261 e. The second-order valence-electron chi connectivity index (χ2n) is 10.0. The van der Waals surface area contributed by atoms with Crippen molar-refractivity contribution in [2.24, 2.45) is 16.7 Å². The van der Waals surface area contributed by atoms with Gasteiger partial charge in [-0.2, -0.15) is 0 Å². The maximum Gasteiger partial charge on any atom is 0.261 e. The third-order valence-electron chi connectivity index (χ3n) is 8.63. The molecule has 2 aromatic heterocycles. The number of pyridine rings is 1. The van der Waals surface area contributed by atoms with Crippen LogP contribution in [-0.2, 0) is 0 Å². The molecule has 0 aromatic carbocycles. The third kappa shape index (κ3) is 2.89. The summed E-state index contributed by atoms with van der Waals surface area (Å²) in [6, 6.07) is 2.12. The first kappa shape index (κ1) is 19.5. The van der Waals surface area contributed by atoms with Crippen molar-refractivity contribution in [1.29, 1.82) is 0 Å². The largest absolute Gasteiger partial charge is 0.351 e. The lowest BCUT2D eigenvalue weighted by Gasteiger charge is -2.31. The summed E-state index contributed by atoms with van der Waals surface area (Å²) in [5.41, 5.74) is 4.44. The molecule has 0 aliphatic heterocycles. The minimum Gasteiger partial charge on any atom is -0.351 e. The van der Waals surface area contributed by atoms with E-state index < -0.39 is 0 Å². The highest BCUT2D eigenvalue weighted by atomic mass is 32.1. The van der Waals surface area contributed by atoms with Crippen LogP contribution in [0.2, 0.25) is 0 Å². The Hall–Kier alpha value is -1.42. The van der Waals surface area contributed by atoms with Gasteiger partial charge in [0.15, 0.2) is 0 Å². The number of aromatic nitrogens is 1. The van der Waals surface area contributed by atoms with Crippen molar-refractivity contribution >= 4 is 27.5 Å². The molecular weight excluding hydrogens is 376 g/mol. The standard InChI is InChI=1S/C25H34N2OS/c1-16-14-17(2)27-23-20(16)18(3)21(29-23)22(28)26-15-19-24(10-6-4-7-11-24)25(19)12-8-5-9-13-25/h14,19H,4-13,15H2,1-3H3,(H,26,28). The van der Waals surface area contributed by atoms with Gasteiger partial charge in [0.1, 0.15) is 4.83 Å². The highest BCUT2D eigenvalue weighted by Crippen LogP contribution is 2.79. The molecule has 3 aliphatic carbocycles. The van der Waals surface area contributed by atoms with E-state index in [-0.39, 0.29) is 5.91 Å². The van der Waals surface area contributed by atoms with Gasteiger partial charge in [-0.3, -0.25) is 4.79 Å². The van der Waals surface area contributed by atoms with Crippen LogP contribution in [0.5, 0.6) is 0 Å². The number of carbonyl (C=O) groups excluding carboxylic acids is 1. The lowest BCUT2D eigenvalue weighted by atomic mass is 9.73. The van der Waals surface area contributed by atoms with Crippen molar-refractivity contribution in [1.82, 2.24) is 10.3 Å². The summed E-state index contributed by atoms with van der Waals surface area (Å²) in [4.78, 5) is 19.7. The highest BCUT2D eigenvalue weighted by molar-refractivity contribution is 7.20. The predicted molar refractivity (Wildman–Crippen MR) is 121 cm³/mol. The number of thiophene rings is 1. The number of carbonyl (C=O) groups is 1. The summed E-state index contributed by atoms with van der Waals surface area (Å²) >= 11 is 1.56. The first-order chi connectivity index (χ1) is 14.0. The number of nitrogens with one attached hydrogen (secondary N) is 1. The number of fused-ring (bicyclic) bond motifs is 2. The van der Waals surface area contributed by atoms with Crippen molar-refractivity contribution in [2.45, 2.75) is 85.0 Å². The van der Waals surface area contributed by atoms with Crippen LogP contribution in [-0.4, -0.2) is 17.4 Å². The topological polar surface area (TPSA) is 42.0 Å². The third-order valence-corrected chi connectivity index (χ3v) is 9.82. The van der Waals surface area contributed by atoms with E-state index in [9.17, 15) is 4.79 Å². The summed E-state index contributed by atoms with van der Waals surface area (Å²) in [6.45, 7) is 7.11. The summed E-state index contributed by atoms with van der Waals surface area (Å²) in [6.07, 6.45) is 14.0. The van der Waals surface area contributed by atoms with E-state index in [0.717, 1.165) is 27.5 Å². The van der Waals surface area contributed by atoms with Crippen molar-refractivity contribution < 1.29 is 4.79 Å². The lowest BCUT2D eigenvalue weighted by Crippen LogP contribution is -2.27. The molecule has 0 bridgehead atoms. The zero-order valence-corrected chi connectivity index (χ0v) is 19.0. The normalized spacial score (nSPS) is 23.0. The Kier molecular flexibility index (Phi) is 4.77. The van der Waals surface area contributed by atoms with Gasteiger partial charge in [0.25, 0.3) is 5.91 Å². The molecule has 29 heavy (non-hydrogen) atoms.